The Hall–Kier alpha value is -4.93. The molecule has 4 rings (SSSR count). The number of hydrogen-bond donors (Lipinski definition) is 0. The van der Waals surface area contributed by atoms with Crippen LogP contribution in [0.2, 0.25) is 0 Å². The zero-order valence-electron chi connectivity index (χ0n) is 21.6. The Morgan fingerprint density at radius 2 is 1.82 bits per heavy atom. The highest BCUT2D eigenvalue weighted by Gasteiger charge is 2.34. The molecule has 0 unspecified atom stereocenters. The van der Waals surface area contributed by atoms with E-state index in [9.17, 15) is 28.1 Å². The van der Waals surface area contributed by atoms with Crippen molar-refractivity contribution in [2.45, 2.75) is 26.4 Å². The molecule has 1 amide bonds. The number of amides is 1. The van der Waals surface area contributed by atoms with Crippen LogP contribution >= 0.6 is 0 Å². The maximum atomic E-state index is 13.2. The number of hydrazone groups is 1. The Bertz CT molecular complexity index is 1530. The number of halogens is 3. The lowest BCUT2D eigenvalue weighted by molar-refractivity contribution is -0.385. The fourth-order valence-corrected chi connectivity index (χ4v) is 4.08. The molecular weight excluding hydrogens is 527 g/mol. The predicted molar refractivity (Wildman–Crippen MR) is 145 cm³/mol. The summed E-state index contributed by atoms with van der Waals surface area (Å²) in [4.78, 5) is 23.8. The van der Waals surface area contributed by atoms with Crippen LogP contribution in [0.25, 0.3) is 6.08 Å². The van der Waals surface area contributed by atoms with Gasteiger partial charge in [-0.15, -0.1) is 6.58 Å². The fourth-order valence-electron chi connectivity index (χ4n) is 4.08. The topological polar surface area (TPSA) is 94.3 Å². The number of nitro benzene ring substituents is 1. The average molecular weight is 552 g/mol. The predicted octanol–water partition coefficient (Wildman–Crippen LogP) is 7.34. The molecule has 0 aliphatic carbocycles. The molecule has 0 bridgehead atoms. The Labute approximate surface area is 227 Å². The third-order valence-electron chi connectivity index (χ3n) is 5.89. The van der Waals surface area contributed by atoms with E-state index in [2.05, 4.69) is 11.7 Å². The second-order valence-electron chi connectivity index (χ2n) is 8.67. The second-order valence-corrected chi connectivity index (χ2v) is 8.67. The van der Waals surface area contributed by atoms with Gasteiger partial charge in [0.2, 0.25) is 5.75 Å². The molecule has 1 heterocycles. The molecule has 0 spiro atoms. The van der Waals surface area contributed by atoms with Crippen molar-refractivity contribution in [2.24, 2.45) is 5.10 Å². The van der Waals surface area contributed by atoms with Gasteiger partial charge in [0, 0.05) is 11.6 Å². The van der Waals surface area contributed by atoms with Gasteiger partial charge < -0.3 is 9.47 Å². The summed E-state index contributed by atoms with van der Waals surface area (Å²) in [5.41, 5.74) is 0.481. The largest absolute Gasteiger partial charge is 0.490 e. The molecule has 11 heteroatoms. The van der Waals surface area contributed by atoms with Gasteiger partial charge in [0.05, 0.1) is 34.1 Å². The monoisotopic (exact) mass is 551 g/mol. The molecule has 1 aliphatic rings. The molecule has 0 radical (unpaired) electrons. The van der Waals surface area contributed by atoms with E-state index >= 15 is 0 Å². The minimum absolute atomic E-state index is 0.0841. The standard InChI is InChI=1S/C29H24F3N3O5/c1-4-9-20-14-19(15-23-18(3)33-34(28(23)36)22-10-7-6-8-11-22)16-26(39-5-2)27(20)40-25-13-12-21(29(30,31)32)17-24(25)35(37)38/h4,6-8,10-17H,1,5,9H2,2-3H3/b23-15+. The van der Waals surface area contributed by atoms with E-state index in [1.54, 1.807) is 62.4 Å². The first-order valence-corrected chi connectivity index (χ1v) is 12.1. The van der Waals surface area contributed by atoms with Crippen LogP contribution in [0.3, 0.4) is 0 Å². The number of allylic oxidation sites excluding steroid dienone is 1. The number of nitro groups is 1. The summed E-state index contributed by atoms with van der Waals surface area (Å²) >= 11 is 0. The van der Waals surface area contributed by atoms with Gasteiger partial charge in [0.25, 0.3) is 5.91 Å². The number of benzene rings is 3. The zero-order chi connectivity index (χ0) is 29.0. The number of hydrogen-bond acceptors (Lipinski definition) is 6. The zero-order valence-corrected chi connectivity index (χ0v) is 21.6. The molecule has 8 nitrogen and oxygen atoms in total. The van der Waals surface area contributed by atoms with Gasteiger partial charge in [-0.05, 0) is 68.3 Å². The number of alkyl halides is 3. The van der Waals surface area contributed by atoms with Crippen LogP contribution in [0.15, 0.2) is 84.0 Å². The van der Waals surface area contributed by atoms with Crippen molar-refractivity contribution in [2.75, 3.05) is 11.6 Å². The number of carbonyl (C=O) groups is 1. The molecule has 0 atom stereocenters. The maximum Gasteiger partial charge on any atom is 0.416 e. The first-order chi connectivity index (χ1) is 19.0. The van der Waals surface area contributed by atoms with Crippen molar-refractivity contribution in [3.8, 4) is 17.2 Å². The van der Waals surface area contributed by atoms with E-state index in [0.29, 0.717) is 40.2 Å². The van der Waals surface area contributed by atoms with Crippen LogP contribution in [0.4, 0.5) is 24.5 Å². The Kier molecular flexibility index (Phi) is 8.03. The summed E-state index contributed by atoms with van der Waals surface area (Å²) < 4.78 is 51.1. The Morgan fingerprint density at radius 3 is 2.45 bits per heavy atom. The molecule has 0 N–H and O–H groups in total. The molecule has 40 heavy (non-hydrogen) atoms. The SMILES string of the molecule is C=CCc1cc(/C=C2/C(=O)N(c3ccccc3)N=C2C)cc(OCC)c1Oc1ccc(C(F)(F)F)cc1[N+](=O)[O-]. The van der Waals surface area contributed by atoms with Crippen molar-refractivity contribution in [3.63, 3.8) is 0 Å². The molecule has 0 aromatic heterocycles. The molecule has 0 saturated heterocycles. The average Bonchev–Trinajstić information content (AvgIpc) is 3.19. The van der Waals surface area contributed by atoms with Crippen molar-refractivity contribution in [1.82, 2.24) is 0 Å². The van der Waals surface area contributed by atoms with Crippen molar-refractivity contribution in [1.29, 1.82) is 0 Å². The van der Waals surface area contributed by atoms with Crippen LogP contribution in [0.1, 0.15) is 30.5 Å². The summed E-state index contributed by atoms with van der Waals surface area (Å²) in [6, 6.07) is 14.3. The molecule has 206 valence electrons. The summed E-state index contributed by atoms with van der Waals surface area (Å²) in [6.07, 6.45) is -1.32. The molecule has 3 aromatic rings. The number of rotatable bonds is 9. The number of anilines is 1. The summed E-state index contributed by atoms with van der Waals surface area (Å²) in [7, 11) is 0. The van der Waals surface area contributed by atoms with Crippen molar-refractivity contribution >= 4 is 29.1 Å². The summed E-state index contributed by atoms with van der Waals surface area (Å²) in [5.74, 6) is -0.445. The van der Waals surface area contributed by atoms with Crippen LogP contribution in [0, 0.1) is 10.1 Å². The van der Waals surface area contributed by atoms with Crippen molar-refractivity contribution in [3.05, 3.63) is 106 Å². The first kappa shape index (κ1) is 28.1. The third-order valence-corrected chi connectivity index (χ3v) is 5.89. The van der Waals surface area contributed by atoms with Gasteiger partial charge in [0.1, 0.15) is 0 Å². The minimum atomic E-state index is -4.77. The summed E-state index contributed by atoms with van der Waals surface area (Å²) in [5, 5.41) is 17.3. The lowest BCUT2D eigenvalue weighted by atomic mass is 10.0. The smallest absolute Gasteiger partial charge is 0.416 e. The first-order valence-electron chi connectivity index (χ1n) is 12.1. The number of para-hydroxylation sites is 1. The molecule has 0 fully saturated rings. The fraction of sp³-hybridized carbons (Fsp3) is 0.172. The van der Waals surface area contributed by atoms with E-state index in [1.807, 2.05) is 6.07 Å². The van der Waals surface area contributed by atoms with Crippen LogP contribution in [0.5, 0.6) is 17.2 Å². The van der Waals surface area contributed by atoms with Gasteiger partial charge >= 0.3 is 11.9 Å². The van der Waals surface area contributed by atoms with Crippen molar-refractivity contribution < 1.29 is 32.4 Å². The van der Waals surface area contributed by atoms with Crippen LogP contribution in [-0.2, 0) is 17.4 Å². The second kappa shape index (κ2) is 11.4. The highest BCUT2D eigenvalue weighted by molar-refractivity contribution is 6.32. The quantitative estimate of drug-likeness (QED) is 0.120. The lowest BCUT2D eigenvalue weighted by Crippen LogP contribution is -2.21. The highest BCUT2D eigenvalue weighted by atomic mass is 19.4. The van der Waals surface area contributed by atoms with Gasteiger partial charge in [-0.25, -0.2) is 0 Å². The lowest BCUT2D eigenvalue weighted by Gasteiger charge is -2.17. The minimum Gasteiger partial charge on any atom is -0.490 e. The van der Waals surface area contributed by atoms with E-state index in [0.717, 1.165) is 6.07 Å². The van der Waals surface area contributed by atoms with Gasteiger partial charge in [0.15, 0.2) is 11.5 Å². The normalized spacial score (nSPS) is 14.3. The van der Waals surface area contributed by atoms with Gasteiger partial charge in [-0.3, -0.25) is 14.9 Å². The maximum absolute atomic E-state index is 13.2. The van der Waals surface area contributed by atoms with E-state index < -0.39 is 22.4 Å². The highest BCUT2D eigenvalue weighted by Crippen LogP contribution is 2.43. The molecule has 1 aliphatic heterocycles. The molecule has 0 saturated carbocycles. The third kappa shape index (κ3) is 5.88. The van der Waals surface area contributed by atoms with Gasteiger partial charge in [-0.2, -0.15) is 23.3 Å². The van der Waals surface area contributed by atoms with E-state index in [-0.39, 0.29) is 36.2 Å². The van der Waals surface area contributed by atoms with E-state index in [1.165, 1.54) is 5.01 Å². The van der Waals surface area contributed by atoms with Crippen LogP contribution in [-0.4, -0.2) is 23.1 Å². The number of nitrogens with zero attached hydrogens (tertiary/aromatic N) is 3. The molecule has 3 aromatic carbocycles. The van der Waals surface area contributed by atoms with Crippen LogP contribution < -0.4 is 14.5 Å². The summed E-state index contributed by atoms with van der Waals surface area (Å²) in [6.45, 7) is 7.36. The Morgan fingerprint density at radius 1 is 1.10 bits per heavy atom. The number of carbonyl (C=O) groups excluding carboxylic acids is 1. The number of ether oxygens (including phenoxy) is 2. The Balaban J connectivity index is 1.77. The van der Waals surface area contributed by atoms with Gasteiger partial charge in [-0.1, -0.05) is 24.3 Å². The molecular formula is C29H24F3N3O5. The van der Waals surface area contributed by atoms with E-state index in [4.69, 9.17) is 9.47 Å².